The number of carbonyl (C=O) groups excluding carboxylic acids is 1. The Bertz CT molecular complexity index is 552. The van der Waals surface area contributed by atoms with Gasteiger partial charge in [-0.25, -0.2) is 0 Å². The van der Waals surface area contributed by atoms with Crippen molar-refractivity contribution in [2.24, 2.45) is 5.73 Å². The Hall–Kier alpha value is -2.13. The molecule has 0 unspecified atom stereocenters. The maximum atomic E-state index is 12.5. The van der Waals surface area contributed by atoms with Gasteiger partial charge in [-0.3, -0.25) is 4.79 Å². The molecule has 0 heterocycles. The summed E-state index contributed by atoms with van der Waals surface area (Å²) in [7, 11) is 1.79. The summed E-state index contributed by atoms with van der Waals surface area (Å²) >= 11 is 0. The number of amides is 1. The third kappa shape index (κ3) is 3.01. The zero-order valence-corrected chi connectivity index (χ0v) is 11.0. The van der Waals surface area contributed by atoms with Gasteiger partial charge in [-0.2, -0.15) is 0 Å². The predicted molar refractivity (Wildman–Crippen MR) is 78.4 cm³/mol. The van der Waals surface area contributed by atoms with Crippen LogP contribution in [0, 0.1) is 0 Å². The van der Waals surface area contributed by atoms with Gasteiger partial charge >= 0.3 is 0 Å². The normalized spacial score (nSPS) is 10.2. The Morgan fingerprint density at radius 2 is 1.68 bits per heavy atom. The molecule has 2 rings (SSSR count). The van der Waals surface area contributed by atoms with Crippen LogP contribution in [0.5, 0.6) is 0 Å². The van der Waals surface area contributed by atoms with E-state index in [1.54, 1.807) is 11.9 Å². The molecule has 0 aliphatic heterocycles. The van der Waals surface area contributed by atoms with E-state index in [4.69, 9.17) is 5.73 Å². The van der Waals surface area contributed by atoms with Crippen LogP contribution in [0.4, 0.5) is 5.69 Å². The highest BCUT2D eigenvalue weighted by Gasteiger charge is 2.15. The van der Waals surface area contributed by atoms with Crippen LogP contribution in [0.2, 0.25) is 0 Å². The molecule has 2 N–H and O–H groups in total. The van der Waals surface area contributed by atoms with Crippen molar-refractivity contribution in [2.75, 3.05) is 18.5 Å². The Morgan fingerprint density at radius 1 is 1.05 bits per heavy atom. The van der Waals surface area contributed by atoms with Gasteiger partial charge in [0.25, 0.3) is 5.91 Å². The van der Waals surface area contributed by atoms with E-state index in [0.717, 1.165) is 16.8 Å². The van der Waals surface area contributed by atoms with Gasteiger partial charge in [0.1, 0.15) is 0 Å². The third-order valence-corrected chi connectivity index (χ3v) is 3.11. The second-order valence-corrected chi connectivity index (χ2v) is 4.40. The Kier molecular flexibility index (Phi) is 4.31. The van der Waals surface area contributed by atoms with Gasteiger partial charge in [-0.15, -0.1) is 0 Å². The highest BCUT2D eigenvalue weighted by Crippen LogP contribution is 2.17. The predicted octanol–water partition coefficient (Wildman–Crippen LogP) is 2.46. The molecule has 0 spiro atoms. The molecule has 0 saturated carbocycles. The number of para-hydroxylation sites is 1. The van der Waals surface area contributed by atoms with Crippen molar-refractivity contribution in [2.45, 2.75) is 6.42 Å². The highest BCUT2D eigenvalue weighted by atomic mass is 16.2. The smallest absolute Gasteiger partial charge is 0.258 e. The summed E-state index contributed by atoms with van der Waals surface area (Å²) in [6, 6.07) is 17.2. The average Bonchev–Trinajstić information content (AvgIpc) is 2.47. The van der Waals surface area contributed by atoms with Crippen LogP contribution in [-0.2, 0) is 6.42 Å². The number of anilines is 1. The van der Waals surface area contributed by atoms with Crippen molar-refractivity contribution >= 4 is 11.6 Å². The summed E-state index contributed by atoms with van der Waals surface area (Å²) in [5.74, 6) is -0.00440. The molecule has 19 heavy (non-hydrogen) atoms. The lowest BCUT2D eigenvalue weighted by Crippen LogP contribution is -2.27. The van der Waals surface area contributed by atoms with Crippen molar-refractivity contribution in [3.63, 3.8) is 0 Å². The van der Waals surface area contributed by atoms with E-state index in [9.17, 15) is 4.79 Å². The van der Waals surface area contributed by atoms with Crippen molar-refractivity contribution in [3.8, 4) is 0 Å². The Labute approximate surface area is 113 Å². The highest BCUT2D eigenvalue weighted by molar-refractivity contribution is 6.06. The molecule has 2 aromatic carbocycles. The molecule has 98 valence electrons. The first kappa shape index (κ1) is 13.3. The molecule has 0 bridgehead atoms. The minimum atomic E-state index is -0.00440. The minimum absolute atomic E-state index is 0.00440. The Balaban J connectivity index is 2.29. The van der Waals surface area contributed by atoms with Crippen LogP contribution >= 0.6 is 0 Å². The SMILES string of the molecule is CN(C(=O)c1ccccc1CCN)c1ccccc1. The van der Waals surface area contributed by atoms with Gasteiger partial charge in [0.2, 0.25) is 0 Å². The summed E-state index contributed by atoms with van der Waals surface area (Å²) in [6.45, 7) is 0.541. The second kappa shape index (κ2) is 6.16. The fourth-order valence-electron chi connectivity index (χ4n) is 2.05. The van der Waals surface area contributed by atoms with Crippen LogP contribution in [0.15, 0.2) is 54.6 Å². The molecule has 0 radical (unpaired) electrons. The number of nitrogens with two attached hydrogens (primary N) is 1. The molecule has 3 nitrogen and oxygen atoms in total. The van der Waals surface area contributed by atoms with Crippen LogP contribution in [0.1, 0.15) is 15.9 Å². The molecule has 0 aliphatic rings. The van der Waals surface area contributed by atoms with E-state index in [2.05, 4.69) is 0 Å². The van der Waals surface area contributed by atoms with Crippen LogP contribution in [0.25, 0.3) is 0 Å². The molecule has 0 aliphatic carbocycles. The van der Waals surface area contributed by atoms with E-state index in [1.165, 1.54) is 0 Å². The van der Waals surface area contributed by atoms with Crippen LogP contribution < -0.4 is 10.6 Å². The lowest BCUT2D eigenvalue weighted by atomic mass is 10.0. The van der Waals surface area contributed by atoms with Gasteiger partial charge in [0.15, 0.2) is 0 Å². The zero-order chi connectivity index (χ0) is 13.7. The largest absolute Gasteiger partial charge is 0.330 e. The van der Waals surface area contributed by atoms with Gasteiger partial charge in [-0.1, -0.05) is 36.4 Å². The quantitative estimate of drug-likeness (QED) is 0.911. The lowest BCUT2D eigenvalue weighted by molar-refractivity contribution is 0.0992. The first-order chi connectivity index (χ1) is 9.24. The van der Waals surface area contributed by atoms with Crippen molar-refractivity contribution in [1.82, 2.24) is 0 Å². The third-order valence-electron chi connectivity index (χ3n) is 3.11. The molecule has 0 fully saturated rings. The standard InChI is InChI=1S/C16H18N2O/c1-18(14-8-3-2-4-9-14)16(19)15-10-6-5-7-13(15)11-12-17/h2-10H,11-12,17H2,1H3. The molecular formula is C16H18N2O. The summed E-state index contributed by atoms with van der Waals surface area (Å²) in [5, 5.41) is 0. The van der Waals surface area contributed by atoms with Gasteiger partial charge in [0, 0.05) is 18.3 Å². The summed E-state index contributed by atoms with van der Waals surface area (Å²) < 4.78 is 0. The maximum absolute atomic E-state index is 12.5. The minimum Gasteiger partial charge on any atom is -0.330 e. The number of nitrogens with zero attached hydrogens (tertiary/aromatic N) is 1. The van der Waals surface area contributed by atoms with Crippen LogP contribution in [-0.4, -0.2) is 19.5 Å². The fraction of sp³-hybridized carbons (Fsp3) is 0.188. The maximum Gasteiger partial charge on any atom is 0.258 e. The molecule has 0 atom stereocenters. The lowest BCUT2D eigenvalue weighted by Gasteiger charge is -2.19. The summed E-state index contributed by atoms with van der Waals surface area (Å²) in [4.78, 5) is 14.2. The van der Waals surface area contributed by atoms with Crippen molar-refractivity contribution < 1.29 is 4.79 Å². The van der Waals surface area contributed by atoms with E-state index in [1.807, 2.05) is 54.6 Å². The second-order valence-electron chi connectivity index (χ2n) is 4.40. The molecule has 1 amide bonds. The zero-order valence-electron chi connectivity index (χ0n) is 11.0. The first-order valence-corrected chi connectivity index (χ1v) is 6.35. The van der Waals surface area contributed by atoms with E-state index in [0.29, 0.717) is 13.0 Å². The topological polar surface area (TPSA) is 46.3 Å². The van der Waals surface area contributed by atoms with E-state index < -0.39 is 0 Å². The van der Waals surface area contributed by atoms with Crippen molar-refractivity contribution in [1.29, 1.82) is 0 Å². The number of rotatable bonds is 4. The van der Waals surface area contributed by atoms with E-state index in [-0.39, 0.29) is 5.91 Å². The number of benzene rings is 2. The number of hydrogen-bond donors (Lipinski definition) is 1. The summed E-state index contributed by atoms with van der Waals surface area (Å²) in [5.41, 5.74) is 8.20. The van der Waals surface area contributed by atoms with Crippen molar-refractivity contribution in [3.05, 3.63) is 65.7 Å². The number of carbonyl (C=O) groups is 1. The van der Waals surface area contributed by atoms with Gasteiger partial charge < -0.3 is 10.6 Å². The number of hydrogen-bond acceptors (Lipinski definition) is 2. The van der Waals surface area contributed by atoms with E-state index >= 15 is 0 Å². The molecular weight excluding hydrogens is 236 g/mol. The molecule has 0 saturated heterocycles. The molecule has 0 aromatic heterocycles. The van der Waals surface area contributed by atoms with Gasteiger partial charge in [-0.05, 0) is 36.7 Å². The monoisotopic (exact) mass is 254 g/mol. The van der Waals surface area contributed by atoms with Gasteiger partial charge in [0.05, 0.1) is 0 Å². The molecule has 3 heteroatoms. The average molecular weight is 254 g/mol. The summed E-state index contributed by atoms with van der Waals surface area (Å²) in [6.07, 6.45) is 0.713. The molecule has 2 aromatic rings. The Morgan fingerprint density at radius 3 is 2.37 bits per heavy atom. The van der Waals surface area contributed by atoms with Crippen LogP contribution in [0.3, 0.4) is 0 Å². The first-order valence-electron chi connectivity index (χ1n) is 6.35. The fourth-order valence-corrected chi connectivity index (χ4v) is 2.05.